The van der Waals surface area contributed by atoms with Crippen LogP contribution >= 0.6 is 11.3 Å². The molecule has 1 aromatic rings. The Morgan fingerprint density at radius 3 is 2.50 bits per heavy atom. The quantitative estimate of drug-likeness (QED) is 0.705. The number of carbonyl (C=O) groups excluding carboxylic acids is 1. The van der Waals surface area contributed by atoms with E-state index in [9.17, 15) is 4.79 Å². The van der Waals surface area contributed by atoms with Gasteiger partial charge in [-0.3, -0.25) is 4.79 Å². The molecule has 0 aliphatic heterocycles. The molecule has 14 heavy (non-hydrogen) atoms. The van der Waals surface area contributed by atoms with Crippen molar-refractivity contribution in [2.75, 3.05) is 0 Å². The van der Waals surface area contributed by atoms with Gasteiger partial charge in [-0.2, -0.15) is 0 Å². The van der Waals surface area contributed by atoms with Crippen LogP contribution in [0.1, 0.15) is 37.7 Å². The number of carbonyl (C=O) groups is 1. The van der Waals surface area contributed by atoms with Gasteiger partial charge in [0.05, 0.1) is 0 Å². The zero-order chi connectivity index (χ0) is 10.8. The standard InChI is InChI=1S/C9H14N2O2S/c1-6(12)13-5-7-10-11-8(14-7)9(2,3)4/h5H2,1-4H3. The van der Waals surface area contributed by atoms with Crippen molar-refractivity contribution >= 4 is 17.3 Å². The molecule has 0 amide bonds. The minimum Gasteiger partial charge on any atom is -0.458 e. The smallest absolute Gasteiger partial charge is 0.303 e. The molecule has 4 nitrogen and oxygen atoms in total. The van der Waals surface area contributed by atoms with Crippen LogP contribution < -0.4 is 0 Å². The maximum Gasteiger partial charge on any atom is 0.303 e. The third-order valence-corrected chi connectivity index (χ3v) is 2.83. The summed E-state index contributed by atoms with van der Waals surface area (Å²) in [5, 5.41) is 9.69. The van der Waals surface area contributed by atoms with E-state index >= 15 is 0 Å². The van der Waals surface area contributed by atoms with E-state index in [1.165, 1.54) is 18.3 Å². The fourth-order valence-electron chi connectivity index (χ4n) is 0.778. The summed E-state index contributed by atoms with van der Waals surface area (Å²) < 4.78 is 4.82. The molecule has 0 aromatic carbocycles. The number of hydrogen-bond donors (Lipinski definition) is 0. The van der Waals surface area contributed by atoms with E-state index in [4.69, 9.17) is 4.74 Å². The molecule has 0 radical (unpaired) electrons. The predicted molar refractivity (Wildman–Crippen MR) is 54.1 cm³/mol. The summed E-state index contributed by atoms with van der Waals surface area (Å²) in [5.41, 5.74) is 0.00609. The largest absolute Gasteiger partial charge is 0.458 e. The Bertz CT molecular complexity index is 328. The van der Waals surface area contributed by atoms with Crippen molar-refractivity contribution in [1.82, 2.24) is 10.2 Å². The van der Waals surface area contributed by atoms with Crippen LogP contribution in [0.15, 0.2) is 0 Å². The highest BCUT2D eigenvalue weighted by molar-refractivity contribution is 7.11. The van der Waals surface area contributed by atoms with Crippen LogP contribution in [0.25, 0.3) is 0 Å². The van der Waals surface area contributed by atoms with Crippen molar-refractivity contribution in [2.24, 2.45) is 0 Å². The van der Waals surface area contributed by atoms with Gasteiger partial charge in [-0.05, 0) is 0 Å². The Morgan fingerprint density at radius 2 is 2.07 bits per heavy atom. The third-order valence-electron chi connectivity index (χ3n) is 1.51. The first kappa shape index (κ1) is 11.1. The molecule has 0 fully saturated rings. The van der Waals surface area contributed by atoms with E-state index in [1.54, 1.807) is 0 Å². The number of nitrogens with zero attached hydrogens (tertiary/aromatic N) is 2. The van der Waals surface area contributed by atoms with E-state index < -0.39 is 0 Å². The molecular weight excluding hydrogens is 200 g/mol. The summed E-state index contributed by atoms with van der Waals surface area (Å²) in [6.45, 7) is 7.82. The molecule has 0 bridgehead atoms. The minimum absolute atomic E-state index is 0.00609. The number of rotatable bonds is 2. The van der Waals surface area contributed by atoms with Crippen LogP contribution in [-0.4, -0.2) is 16.2 Å². The lowest BCUT2D eigenvalue weighted by Crippen LogP contribution is -2.10. The summed E-state index contributed by atoms with van der Waals surface area (Å²) in [5.74, 6) is -0.294. The molecule has 0 atom stereocenters. The first-order chi connectivity index (χ1) is 6.39. The van der Waals surface area contributed by atoms with Gasteiger partial charge in [0.1, 0.15) is 11.6 Å². The SMILES string of the molecule is CC(=O)OCc1nnc(C(C)(C)C)s1. The Balaban J connectivity index is 2.64. The van der Waals surface area contributed by atoms with Crippen LogP contribution in [0.5, 0.6) is 0 Å². The normalized spacial score (nSPS) is 11.4. The second kappa shape index (κ2) is 4.04. The molecule has 78 valence electrons. The lowest BCUT2D eigenvalue weighted by molar-refractivity contribution is -0.142. The van der Waals surface area contributed by atoms with Gasteiger partial charge in [-0.1, -0.05) is 32.1 Å². The van der Waals surface area contributed by atoms with Crippen LogP contribution in [0.2, 0.25) is 0 Å². The van der Waals surface area contributed by atoms with E-state index in [0.717, 1.165) is 10.0 Å². The summed E-state index contributed by atoms with van der Waals surface area (Å²) in [6, 6.07) is 0. The van der Waals surface area contributed by atoms with Gasteiger partial charge in [0, 0.05) is 12.3 Å². The molecule has 0 saturated carbocycles. The molecule has 0 aliphatic carbocycles. The van der Waals surface area contributed by atoms with Crippen molar-refractivity contribution in [3.8, 4) is 0 Å². The van der Waals surface area contributed by atoms with E-state index in [2.05, 4.69) is 31.0 Å². The number of aromatic nitrogens is 2. The molecule has 0 unspecified atom stereocenters. The lowest BCUT2D eigenvalue weighted by Gasteiger charge is -2.12. The summed E-state index contributed by atoms with van der Waals surface area (Å²) in [4.78, 5) is 10.6. The first-order valence-corrected chi connectivity index (χ1v) is 5.17. The highest BCUT2D eigenvalue weighted by atomic mass is 32.1. The number of ether oxygens (including phenoxy) is 1. The fourth-order valence-corrected chi connectivity index (χ4v) is 1.59. The Hall–Kier alpha value is -0.970. The topological polar surface area (TPSA) is 52.1 Å². The van der Waals surface area contributed by atoms with Gasteiger partial charge in [-0.25, -0.2) is 0 Å². The highest BCUT2D eigenvalue weighted by Crippen LogP contribution is 2.25. The second-order valence-corrected chi connectivity index (χ2v) is 5.09. The summed E-state index contributed by atoms with van der Waals surface area (Å²) in [6.07, 6.45) is 0. The average molecular weight is 214 g/mol. The van der Waals surface area contributed by atoms with Crippen LogP contribution in [0.3, 0.4) is 0 Å². The Kier molecular flexibility index (Phi) is 3.21. The highest BCUT2D eigenvalue weighted by Gasteiger charge is 2.19. The van der Waals surface area contributed by atoms with Crippen molar-refractivity contribution in [3.63, 3.8) is 0 Å². The summed E-state index contributed by atoms with van der Waals surface area (Å²) >= 11 is 1.48. The van der Waals surface area contributed by atoms with Crippen molar-refractivity contribution in [2.45, 2.75) is 39.7 Å². The third kappa shape index (κ3) is 3.06. The van der Waals surface area contributed by atoms with Crippen LogP contribution in [-0.2, 0) is 21.6 Å². The van der Waals surface area contributed by atoms with Gasteiger partial charge >= 0.3 is 5.97 Å². The van der Waals surface area contributed by atoms with Crippen LogP contribution in [0.4, 0.5) is 0 Å². The predicted octanol–water partition coefficient (Wildman–Crippen LogP) is 1.90. The van der Waals surface area contributed by atoms with Gasteiger partial charge in [0.2, 0.25) is 0 Å². The molecule has 1 rings (SSSR count). The molecule has 5 heteroatoms. The average Bonchev–Trinajstić information content (AvgIpc) is 2.47. The monoisotopic (exact) mass is 214 g/mol. The molecular formula is C9H14N2O2S. The lowest BCUT2D eigenvalue weighted by atomic mass is 9.98. The zero-order valence-corrected chi connectivity index (χ0v) is 9.64. The number of esters is 1. The van der Waals surface area contributed by atoms with Crippen molar-refractivity contribution < 1.29 is 9.53 Å². The minimum atomic E-state index is -0.294. The van der Waals surface area contributed by atoms with Crippen molar-refractivity contribution in [3.05, 3.63) is 10.0 Å². The van der Waals surface area contributed by atoms with E-state index in [-0.39, 0.29) is 18.0 Å². The van der Waals surface area contributed by atoms with Gasteiger partial charge in [-0.15, -0.1) is 10.2 Å². The maximum absolute atomic E-state index is 10.6. The summed E-state index contributed by atoms with van der Waals surface area (Å²) in [7, 11) is 0. The van der Waals surface area contributed by atoms with Gasteiger partial charge < -0.3 is 4.74 Å². The van der Waals surface area contributed by atoms with Crippen LogP contribution in [0, 0.1) is 0 Å². The van der Waals surface area contributed by atoms with E-state index in [0.29, 0.717) is 0 Å². The number of hydrogen-bond acceptors (Lipinski definition) is 5. The second-order valence-electron chi connectivity index (χ2n) is 4.03. The molecule has 1 heterocycles. The molecule has 0 saturated heterocycles. The molecule has 0 N–H and O–H groups in total. The van der Waals surface area contributed by atoms with E-state index in [1.807, 2.05) is 0 Å². The fraction of sp³-hybridized carbons (Fsp3) is 0.667. The van der Waals surface area contributed by atoms with Gasteiger partial charge in [0.15, 0.2) is 5.01 Å². The molecule has 0 spiro atoms. The Morgan fingerprint density at radius 1 is 1.43 bits per heavy atom. The molecule has 1 aromatic heterocycles. The maximum atomic E-state index is 10.6. The van der Waals surface area contributed by atoms with Crippen molar-refractivity contribution in [1.29, 1.82) is 0 Å². The van der Waals surface area contributed by atoms with Gasteiger partial charge in [0.25, 0.3) is 0 Å². The molecule has 0 aliphatic rings. The first-order valence-electron chi connectivity index (χ1n) is 4.36. The zero-order valence-electron chi connectivity index (χ0n) is 8.83. The Labute approximate surface area is 87.3 Å².